The number of Topliss-reactive ketones (excluding diaryl/α,β-unsaturated/α-hetero) is 1. The van der Waals surface area contributed by atoms with Gasteiger partial charge in [0.05, 0.1) is 5.57 Å². The molecule has 2 aromatic heterocycles. The fraction of sp³-hybridized carbons (Fsp3) is 0.120. The first kappa shape index (κ1) is 19.3. The Morgan fingerprint density at radius 1 is 1.03 bits per heavy atom. The standard InChI is InChI=1S/C25H19NO4S/c1-14-7-3-5-9-17(14)26-21(24-15(2)11-12-31-24)20(23(28)25(26)29)22(27)19-13-16-8-4-6-10-18(16)30-19/h3-13,21,28H,1-2H3. The second-order valence-electron chi connectivity index (χ2n) is 7.57. The van der Waals surface area contributed by atoms with Crippen LogP contribution in [0.25, 0.3) is 11.0 Å². The number of carbonyl (C=O) groups is 2. The number of ketones is 1. The summed E-state index contributed by atoms with van der Waals surface area (Å²) in [6, 6.07) is 17.6. The van der Waals surface area contributed by atoms with E-state index in [-0.39, 0.29) is 11.3 Å². The van der Waals surface area contributed by atoms with Crippen molar-refractivity contribution < 1.29 is 19.1 Å². The molecule has 3 heterocycles. The predicted molar refractivity (Wildman–Crippen MR) is 121 cm³/mol. The van der Waals surface area contributed by atoms with Crippen LogP contribution in [0.4, 0.5) is 5.69 Å². The van der Waals surface area contributed by atoms with Gasteiger partial charge in [0.15, 0.2) is 11.5 Å². The van der Waals surface area contributed by atoms with Crippen molar-refractivity contribution in [3.63, 3.8) is 0 Å². The van der Waals surface area contributed by atoms with Crippen molar-refractivity contribution in [2.24, 2.45) is 0 Å². The topological polar surface area (TPSA) is 70.8 Å². The molecule has 1 amide bonds. The van der Waals surface area contributed by atoms with Gasteiger partial charge in [0.25, 0.3) is 5.91 Å². The lowest BCUT2D eigenvalue weighted by Gasteiger charge is -2.27. The summed E-state index contributed by atoms with van der Waals surface area (Å²) in [7, 11) is 0. The summed E-state index contributed by atoms with van der Waals surface area (Å²) < 4.78 is 5.77. The van der Waals surface area contributed by atoms with Crippen LogP contribution in [-0.4, -0.2) is 16.8 Å². The lowest BCUT2D eigenvalue weighted by Crippen LogP contribution is -2.31. The maximum atomic E-state index is 13.6. The summed E-state index contributed by atoms with van der Waals surface area (Å²) in [5.41, 5.74) is 3.10. The average Bonchev–Trinajstić information content (AvgIpc) is 3.45. The van der Waals surface area contributed by atoms with Crippen LogP contribution < -0.4 is 4.90 Å². The number of aryl methyl sites for hydroxylation is 2. The van der Waals surface area contributed by atoms with Crippen LogP contribution in [0.2, 0.25) is 0 Å². The predicted octanol–water partition coefficient (Wildman–Crippen LogP) is 5.89. The summed E-state index contributed by atoms with van der Waals surface area (Å²) >= 11 is 1.45. The molecule has 0 radical (unpaired) electrons. The van der Waals surface area contributed by atoms with E-state index in [2.05, 4.69) is 0 Å². The van der Waals surface area contributed by atoms with Crippen LogP contribution in [0.5, 0.6) is 0 Å². The molecule has 5 nitrogen and oxygen atoms in total. The SMILES string of the molecule is Cc1ccccc1N1C(=O)C(O)=C(C(=O)c2cc3ccccc3o2)C1c1sccc1C. The van der Waals surface area contributed by atoms with Gasteiger partial charge < -0.3 is 9.52 Å². The molecule has 4 aromatic rings. The number of fused-ring (bicyclic) bond motifs is 1. The molecule has 1 unspecified atom stereocenters. The number of anilines is 1. The molecule has 6 heteroatoms. The number of benzene rings is 2. The number of amides is 1. The van der Waals surface area contributed by atoms with Crippen LogP contribution in [-0.2, 0) is 4.79 Å². The van der Waals surface area contributed by atoms with E-state index in [1.165, 1.54) is 16.2 Å². The first-order valence-corrected chi connectivity index (χ1v) is 10.7. The van der Waals surface area contributed by atoms with E-state index in [0.717, 1.165) is 21.4 Å². The van der Waals surface area contributed by atoms with E-state index >= 15 is 0 Å². The maximum Gasteiger partial charge on any atom is 0.294 e. The molecule has 1 atom stereocenters. The molecule has 31 heavy (non-hydrogen) atoms. The zero-order chi connectivity index (χ0) is 21.7. The highest BCUT2D eigenvalue weighted by Crippen LogP contribution is 2.45. The molecule has 0 saturated carbocycles. The maximum absolute atomic E-state index is 13.6. The number of furan rings is 1. The highest BCUT2D eigenvalue weighted by atomic mass is 32.1. The Labute approximate surface area is 182 Å². The molecule has 0 aliphatic carbocycles. The lowest BCUT2D eigenvalue weighted by molar-refractivity contribution is -0.117. The van der Waals surface area contributed by atoms with Gasteiger partial charge in [0.1, 0.15) is 11.6 Å². The highest BCUT2D eigenvalue weighted by molar-refractivity contribution is 7.10. The van der Waals surface area contributed by atoms with E-state index in [9.17, 15) is 14.7 Å². The van der Waals surface area contributed by atoms with Crippen molar-refractivity contribution in [2.45, 2.75) is 19.9 Å². The number of nitrogens with zero attached hydrogens (tertiary/aromatic N) is 1. The Hall–Kier alpha value is -3.64. The Balaban J connectivity index is 1.69. The Kier molecular flexibility index (Phi) is 4.52. The molecule has 1 aliphatic rings. The van der Waals surface area contributed by atoms with Gasteiger partial charge in [-0.15, -0.1) is 11.3 Å². The third kappa shape index (κ3) is 2.99. The molecule has 0 spiro atoms. The third-order valence-corrected chi connectivity index (χ3v) is 6.70. The second kappa shape index (κ2) is 7.25. The quantitative estimate of drug-likeness (QED) is 0.410. The Bertz CT molecular complexity index is 1340. The molecule has 0 bridgehead atoms. The molecule has 2 aromatic carbocycles. The van der Waals surface area contributed by atoms with Crippen molar-refractivity contribution in [1.29, 1.82) is 0 Å². The highest BCUT2D eigenvalue weighted by Gasteiger charge is 2.46. The van der Waals surface area contributed by atoms with Gasteiger partial charge in [-0.1, -0.05) is 36.4 Å². The fourth-order valence-corrected chi connectivity index (χ4v) is 5.08. The van der Waals surface area contributed by atoms with Crippen LogP contribution in [0.1, 0.15) is 32.6 Å². The van der Waals surface area contributed by atoms with Gasteiger partial charge in [-0.05, 0) is 54.6 Å². The number of rotatable bonds is 4. The zero-order valence-corrected chi connectivity index (χ0v) is 17.8. The van der Waals surface area contributed by atoms with Crippen LogP contribution in [0.3, 0.4) is 0 Å². The minimum atomic E-state index is -0.727. The van der Waals surface area contributed by atoms with Gasteiger partial charge in [-0.25, -0.2) is 0 Å². The van der Waals surface area contributed by atoms with E-state index in [0.29, 0.717) is 11.3 Å². The second-order valence-corrected chi connectivity index (χ2v) is 8.52. The largest absolute Gasteiger partial charge is 0.503 e. The summed E-state index contributed by atoms with van der Waals surface area (Å²) in [5.74, 6) is -1.52. The van der Waals surface area contributed by atoms with Gasteiger partial charge in [0.2, 0.25) is 5.78 Å². The molecule has 0 saturated heterocycles. The number of thiophene rings is 1. The van der Waals surface area contributed by atoms with E-state index in [1.807, 2.05) is 67.8 Å². The molecule has 1 aliphatic heterocycles. The van der Waals surface area contributed by atoms with Gasteiger partial charge >= 0.3 is 0 Å². The monoisotopic (exact) mass is 429 g/mol. The van der Waals surface area contributed by atoms with Crippen LogP contribution >= 0.6 is 11.3 Å². The smallest absolute Gasteiger partial charge is 0.294 e. The summed E-state index contributed by atoms with van der Waals surface area (Å²) in [4.78, 5) is 29.1. The number of aliphatic hydroxyl groups is 1. The van der Waals surface area contributed by atoms with Crippen LogP contribution in [0.15, 0.2) is 81.8 Å². The van der Waals surface area contributed by atoms with Crippen molar-refractivity contribution >= 4 is 39.7 Å². The molecule has 1 N–H and O–H groups in total. The Morgan fingerprint density at radius 3 is 2.48 bits per heavy atom. The van der Waals surface area contributed by atoms with E-state index in [1.54, 1.807) is 12.1 Å². The van der Waals surface area contributed by atoms with E-state index in [4.69, 9.17) is 4.42 Å². The summed E-state index contributed by atoms with van der Waals surface area (Å²) in [6.07, 6.45) is 0. The van der Waals surface area contributed by atoms with Crippen molar-refractivity contribution in [1.82, 2.24) is 0 Å². The number of carbonyl (C=O) groups excluding carboxylic acids is 2. The lowest BCUT2D eigenvalue weighted by atomic mass is 9.98. The number of aliphatic hydroxyl groups excluding tert-OH is 1. The fourth-order valence-electron chi connectivity index (χ4n) is 4.06. The van der Waals surface area contributed by atoms with Crippen LogP contribution in [0, 0.1) is 13.8 Å². The molecular formula is C25H19NO4S. The Morgan fingerprint density at radius 2 is 1.77 bits per heavy atom. The zero-order valence-electron chi connectivity index (χ0n) is 17.0. The first-order valence-electron chi connectivity index (χ1n) is 9.87. The summed E-state index contributed by atoms with van der Waals surface area (Å²) in [5, 5.41) is 13.6. The minimum absolute atomic E-state index is 0.0397. The van der Waals surface area contributed by atoms with Crippen molar-refractivity contribution in [3.8, 4) is 0 Å². The first-order chi connectivity index (χ1) is 15.0. The van der Waals surface area contributed by atoms with E-state index < -0.39 is 23.5 Å². The van der Waals surface area contributed by atoms with Gasteiger partial charge in [-0.2, -0.15) is 0 Å². The van der Waals surface area contributed by atoms with Crippen molar-refractivity contribution in [2.75, 3.05) is 4.90 Å². The minimum Gasteiger partial charge on any atom is -0.503 e. The molecule has 154 valence electrons. The third-order valence-electron chi connectivity index (χ3n) is 5.63. The normalized spacial score (nSPS) is 16.5. The number of hydrogen-bond donors (Lipinski definition) is 1. The van der Waals surface area contributed by atoms with Gasteiger partial charge in [0, 0.05) is 16.0 Å². The van der Waals surface area contributed by atoms with Gasteiger partial charge in [-0.3, -0.25) is 14.5 Å². The molecular weight excluding hydrogens is 410 g/mol. The number of hydrogen-bond acceptors (Lipinski definition) is 5. The average molecular weight is 429 g/mol. The summed E-state index contributed by atoms with van der Waals surface area (Å²) in [6.45, 7) is 3.84. The number of para-hydroxylation sites is 2. The molecule has 5 rings (SSSR count). The molecule has 0 fully saturated rings. The van der Waals surface area contributed by atoms with Crippen molar-refractivity contribution in [3.05, 3.63) is 99.1 Å².